The van der Waals surface area contributed by atoms with Crippen LogP contribution in [0, 0.1) is 5.92 Å². The molecule has 4 rings (SSSR count). The summed E-state index contributed by atoms with van der Waals surface area (Å²) in [6.07, 6.45) is 4.68. The Bertz CT molecular complexity index is 1010. The summed E-state index contributed by atoms with van der Waals surface area (Å²) in [6.45, 7) is 1.95. The van der Waals surface area contributed by atoms with Crippen molar-refractivity contribution in [1.82, 2.24) is 4.31 Å². The molecule has 2 heterocycles. The van der Waals surface area contributed by atoms with E-state index in [1.165, 1.54) is 0 Å². The number of halogens is 3. The van der Waals surface area contributed by atoms with E-state index in [1.807, 2.05) is 36.4 Å². The lowest BCUT2D eigenvalue weighted by molar-refractivity contribution is 0.334. The van der Waals surface area contributed by atoms with E-state index in [0.717, 1.165) is 43.4 Å². The fourth-order valence-corrected chi connectivity index (χ4v) is 7.30. The van der Waals surface area contributed by atoms with Crippen LogP contribution in [-0.2, 0) is 10.0 Å². The normalized spacial score (nSPS) is 23.1. The summed E-state index contributed by atoms with van der Waals surface area (Å²) >= 11 is 18.8. The molecule has 2 fully saturated rings. The van der Waals surface area contributed by atoms with Crippen molar-refractivity contribution in [3.05, 3.63) is 63.1 Å². The van der Waals surface area contributed by atoms with Crippen molar-refractivity contribution in [2.75, 3.05) is 30.3 Å². The van der Waals surface area contributed by atoms with Gasteiger partial charge in [0.15, 0.2) is 0 Å². The van der Waals surface area contributed by atoms with E-state index in [0.29, 0.717) is 34.7 Å². The smallest absolute Gasteiger partial charge is 0.214 e. The second-order valence-corrected chi connectivity index (χ2v) is 11.8. The fraction of sp³-hybridized carbons (Fsp3) is 0.478. The highest BCUT2D eigenvalue weighted by Gasteiger charge is 2.35. The Morgan fingerprint density at radius 2 is 1.55 bits per heavy atom. The van der Waals surface area contributed by atoms with Crippen molar-refractivity contribution in [3.8, 4) is 0 Å². The molecule has 0 spiro atoms. The monoisotopic (exact) mass is 500 g/mol. The van der Waals surface area contributed by atoms with Crippen LogP contribution in [0.4, 0.5) is 5.69 Å². The lowest BCUT2D eigenvalue weighted by Gasteiger charge is -2.42. The first kappa shape index (κ1) is 23.2. The summed E-state index contributed by atoms with van der Waals surface area (Å²) < 4.78 is 27.8. The van der Waals surface area contributed by atoms with Gasteiger partial charge in [-0.3, -0.25) is 0 Å². The van der Waals surface area contributed by atoms with Crippen LogP contribution in [0.25, 0.3) is 0 Å². The van der Waals surface area contributed by atoms with Gasteiger partial charge in [0.2, 0.25) is 10.0 Å². The molecule has 0 radical (unpaired) electrons. The van der Waals surface area contributed by atoms with Crippen LogP contribution in [0.1, 0.15) is 43.7 Å². The summed E-state index contributed by atoms with van der Waals surface area (Å²) in [5.41, 5.74) is 2.03. The molecule has 2 aliphatic heterocycles. The SMILES string of the molecule is O=S(=O)(C[C@@H]1CC[C@@H](c2ccc(Cl)cc2Cl)N(c2ccc(Cl)cc2)C1)N1CCCCC1. The van der Waals surface area contributed by atoms with Gasteiger partial charge in [-0.2, -0.15) is 0 Å². The van der Waals surface area contributed by atoms with Crippen LogP contribution in [0.2, 0.25) is 15.1 Å². The van der Waals surface area contributed by atoms with Crippen LogP contribution in [0.3, 0.4) is 0 Å². The van der Waals surface area contributed by atoms with Gasteiger partial charge in [0.25, 0.3) is 0 Å². The number of piperidine rings is 2. The maximum atomic E-state index is 13.0. The minimum atomic E-state index is -3.25. The number of hydrogen-bond donors (Lipinski definition) is 0. The fourth-order valence-electron chi connectivity index (χ4n) is 4.74. The third-order valence-corrected chi connectivity index (χ3v) is 9.17. The van der Waals surface area contributed by atoms with Crippen molar-refractivity contribution in [2.24, 2.45) is 5.92 Å². The topological polar surface area (TPSA) is 40.6 Å². The third-order valence-electron chi connectivity index (χ3n) is 6.31. The molecule has 31 heavy (non-hydrogen) atoms. The number of hydrogen-bond acceptors (Lipinski definition) is 3. The van der Waals surface area contributed by atoms with Crippen LogP contribution >= 0.6 is 34.8 Å². The summed E-state index contributed by atoms with van der Waals surface area (Å²) in [6, 6.07) is 13.4. The Morgan fingerprint density at radius 1 is 0.871 bits per heavy atom. The summed E-state index contributed by atoms with van der Waals surface area (Å²) in [5, 5.41) is 1.91. The Morgan fingerprint density at radius 3 is 2.23 bits per heavy atom. The van der Waals surface area contributed by atoms with Crippen molar-refractivity contribution in [2.45, 2.75) is 38.1 Å². The van der Waals surface area contributed by atoms with Gasteiger partial charge >= 0.3 is 0 Å². The highest BCUT2D eigenvalue weighted by atomic mass is 35.5. The van der Waals surface area contributed by atoms with Crippen molar-refractivity contribution in [3.63, 3.8) is 0 Å². The number of benzene rings is 2. The largest absolute Gasteiger partial charge is 0.364 e. The second kappa shape index (κ2) is 9.88. The molecule has 0 unspecified atom stereocenters. The zero-order valence-electron chi connectivity index (χ0n) is 17.3. The van der Waals surface area contributed by atoms with E-state index in [-0.39, 0.29) is 17.7 Å². The molecule has 0 aliphatic carbocycles. The molecule has 2 aromatic rings. The van der Waals surface area contributed by atoms with Gasteiger partial charge in [-0.25, -0.2) is 12.7 Å². The lowest BCUT2D eigenvalue weighted by Crippen LogP contribution is -2.44. The van der Waals surface area contributed by atoms with E-state index >= 15 is 0 Å². The molecule has 2 aliphatic rings. The van der Waals surface area contributed by atoms with E-state index < -0.39 is 10.0 Å². The lowest BCUT2D eigenvalue weighted by atomic mass is 9.89. The van der Waals surface area contributed by atoms with Gasteiger partial charge < -0.3 is 4.90 Å². The molecule has 8 heteroatoms. The van der Waals surface area contributed by atoms with Crippen LogP contribution < -0.4 is 4.90 Å². The summed E-state index contributed by atoms with van der Waals surface area (Å²) in [5.74, 6) is 0.253. The average Bonchev–Trinajstić information content (AvgIpc) is 2.75. The van der Waals surface area contributed by atoms with E-state index in [1.54, 1.807) is 10.4 Å². The predicted molar refractivity (Wildman–Crippen MR) is 130 cm³/mol. The molecule has 0 saturated carbocycles. The van der Waals surface area contributed by atoms with Gasteiger partial charge in [0.1, 0.15) is 0 Å². The number of anilines is 1. The highest BCUT2D eigenvalue weighted by Crippen LogP contribution is 2.41. The minimum Gasteiger partial charge on any atom is -0.364 e. The maximum absolute atomic E-state index is 13.0. The van der Waals surface area contributed by atoms with E-state index in [2.05, 4.69) is 4.90 Å². The Kier molecular flexibility index (Phi) is 7.39. The highest BCUT2D eigenvalue weighted by molar-refractivity contribution is 7.89. The van der Waals surface area contributed by atoms with Crippen LogP contribution in [-0.4, -0.2) is 38.1 Å². The molecule has 2 aromatic carbocycles. The van der Waals surface area contributed by atoms with Crippen LogP contribution in [0.15, 0.2) is 42.5 Å². The van der Waals surface area contributed by atoms with Gasteiger partial charge in [-0.15, -0.1) is 0 Å². The molecule has 0 N–H and O–H groups in total. The standard InChI is InChI=1S/C23H27Cl3N2O2S/c24-18-5-8-20(9-6-18)28-15-17(16-31(29,30)27-12-2-1-3-13-27)4-11-23(28)21-10-7-19(25)14-22(21)26/h5-10,14,17,23H,1-4,11-13,15-16H2/t17-,23+/m1/s1. The quantitative estimate of drug-likeness (QED) is 0.474. The zero-order valence-corrected chi connectivity index (χ0v) is 20.4. The predicted octanol–water partition coefficient (Wildman–Crippen LogP) is 6.42. The van der Waals surface area contributed by atoms with Gasteiger partial charge in [0, 0.05) is 40.4 Å². The minimum absolute atomic E-state index is 0.0554. The molecule has 168 valence electrons. The molecule has 2 saturated heterocycles. The Hall–Kier alpha value is -0.980. The molecular weight excluding hydrogens is 475 g/mol. The van der Waals surface area contributed by atoms with Gasteiger partial charge in [-0.1, -0.05) is 47.3 Å². The first-order valence-corrected chi connectivity index (χ1v) is 13.5. The summed E-state index contributed by atoms with van der Waals surface area (Å²) in [4.78, 5) is 2.27. The average molecular weight is 502 g/mol. The summed E-state index contributed by atoms with van der Waals surface area (Å²) in [7, 11) is -3.25. The molecule has 4 nitrogen and oxygen atoms in total. The second-order valence-electron chi connectivity index (χ2n) is 8.49. The molecule has 0 amide bonds. The number of nitrogens with zero attached hydrogens (tertiary/aromatic N) is 2. The van der Waals surface area contributed by atoms with Crippen molar-refractivity contribution >= 4 is 50.5 Å². The molecule has 2 atom stereocenters. The molecule has 0 bridgehead atoms. The van der Waals surface area contributed by atoms with E-state index in [4.69, 9.17) is 34.8 Å². The zero-order chi connectivity index (χ0) is 22.0. The number of rotatable bonds is 5. The Labute approximate surface area is 200 Å². The van der Waals surface area contributed by atoms with Gasteiger partial charge in [0.05, 0.1) is 11.8 Å². The van der Waals surface area contributed by atoms with E-state index in [9.17, 15) is 8.42 Å². The first-order valence-electron chi connectivity index (χ1n) is 10.8. The molecular formula is C23H27Cl3N2O2S. The van der Waals surface area contributed by atoms with Crippen molar-refractivity contribution < 1.29 is 8.42 Å². The maximum Gasteiger partial charge on any atom is 0.214 e. The number of sulfonamides is 1. The third kappa shape index (κ3) is 5.51. The van der Waals surface area contributed by atoms with Gasteiger partial charge in [-0.05, 0) is 73.6 Å². The first-order chi connectivity index (χ1) is 14.8. The van der Waals surface area contributed by atoms with Crippen LogP contribution in [0.5, 0.6) is 0 Å². The van der Waals surface area contributed by atoms with Crippen molar-refractivity contribution in [1.29, 1.82) is 0 Å². The molecule has 0 aromatic heterocycles. The Balaban J connectivity index is 1.59.